The highest BCUT2D eigenvalue weighted by molar-refractivity contribution is 5.83. The maximum Gasteiger partial charge on any atom is 0.342 e. The molecule has 0 rings (SSSR count). The van der Waals surface area contributed by atoms with Gasteiger partial charge in [0.05, 0.1) is 0 Å². The molecule has 0 aliphatic heterocycles. The summed E-state index contributed by atoms with van der Waals surface area (Å²) in [6.45, 7) is 5.78. The van der Waals surface area contributed by atoms with E-state index in [0.29, 0.717) is 25.7 Å². The smallest absolute Gasteiger partial charge is 0.298 e. The Bertz CT molecular complexity index is 213. The first-order valence-electron chi connectivity index (χ1n) is 6.04. The van der Waals surface area contributed by atoms with E-state index < -0.39 is 12.1 Å². The van der Waals surface area contributed by atoms with E-state index in [1.807, 2.05) is 20.8 Å². The highest BCUT2D eigenvalue weighted by Gasteiger charge is 2.20. The van der Waals surface area contributed by atoms with Gasteiger partial charge in [0.15, 0.2) is 11.9 Å². The molecule has 0 spiro atoms. The van der Waals surface area contributed by atoms with E-state index >= 15 is 0 Å². The number of carbonyl (C=O) groups excluding carboxylic acids is 2. The zero-order valence-electron chi connectivity index (χ0n) is 10.5. The third-order valence-corrected chi connectivity index (χ3v) is 2.12. The van der Waals surface area contributed by atoms with Crippen LogP contribution in [0, 0.1) is 0 Å². The third-order valence-electron chi connectivity index (χ3n) is 2.12. The lowest BCUT2D eigenvalue weighted by molar-refractivity contribution is -0.292. The molecule has 0 saturated carbocycles. The molecule has 16 heavy (non-hydrogen) atoms. The summed E-state index contributed by atoms with van der Waals surface area (Å²) in [6, 6.07) is 0. The van der Waals surface area contributed by atoms with Gasteiger partial charge in [-0.25, -0.2) is 4.79 Å². The molecule has 0 radical (unpaired) electrons. The summed E-state index contributed by atoms with van der Waals surface area (Å²) < 4.78 is 0. The molecule has 0 saturated heterocycles. The van der Waals surface area contributed by atoms with Crippen molar-refractivity contribution in [3.05, 3.63) is 0 Å². The summed E-state index contributed by atoms with van der Waals surface area (Å²) in [7, 11) is 0. The second-order valence-electron chi connectivity index (χ2n) is 3.80. The van der Waals surface area contributed by atoms with Crippen molar-refractivity contribution in [2.75, 3.05) is 0 Å². The Morgan fingerprint density at radius 2 is 1.62 bits per heavy atom. The monoisotopic (exact) mass is 230 g/mol. The molecule has 0 aromatic heterocycles. The van der Waals surface area contributed by atoms with Crippen molar-refractivity contribution in [2.24, 2.45) is 0 Å². The number of rotatable bonds is 9. The SMILES string of the molecule is CCCC(=O)OOC(CCC)C(=O)CCC. The first-order chi connectivity index (χ1) is 7.65. The number of Topliss-reactive ketones (excluding diaryl/α,β-unsaturated/α-hetero) is 1. The van der Waals surface area contributed by atoms with E-state index in [1.54, 1.807) is 0 Å². The molecular formula is C12H22O4. The van der Waals surface area contributed by atoms with Crippen molar-refractivity contribution in [1.29, 1.82) is 0 Å². The van der Waals surface area contributed by atoms with E-state index in [-0.39, 0.29) is 5.78 Å². The molecule has 4 nitrogen and oxygen atoms in total. The molecule has 4 heteroatoms. The zero-order chi connectivity index (χ0) is 12.4. The van der Waals surface area contributed by atoms with Crippen LogP contribution in [-0.4, -0.2) is 17.9 Å². The van der Waals surface area contributed by atoms with E-state index in [2.05, 4.69) is 4.89 Å². The molecule has 0 aliphatic carbocycles. The van der Waals surface area contributed by atoms with E-state index in [4.69, 9.17) is 4.89 Å². The predicted molar refractivity (Wildman–Crippen MR) is 60.7 cm³/mol. The lowest BCUT2D eigenvalue weighted by Gasteiger charge is -2.13. The van der Waals surface area contributed by atoms with E-state index in [0.717, 1.165) is 12.8 Å². The lowest BCUT2D eigenvalue weighted by atomic mass is 10.1. The quantitative estimate of drug-likeness (QED) is 0.451. The molecule has 0 heterocycles. The third kappa shape index (κ3) is 6.56. The maximum absolute atomic E-state index is 11.6. The van der Waals surface area contributed by atoms with Crippen LogP contribution in [0.2, 0.25) is 0 Å². The first-order valence-corrected chi connectivity index (χ1v) is 6.04. The highest BCUT2D eigenvalue weighted by atomic mass is 17.2. The number of hydrogen-bond acceptors (Lipinski definition) is 4. The normalized spacial score (nSPS) is 12.2. The molecule has 0 fully saturated rings. The van der Waals surface area contributed by atoms with Gasteiger partial charge in [-0.2, -0.15) is 4.89 Å². The Balaban J connectivity index is 4.02. The Morgan fingerprint density at radius 1 is 1.00 bits per heavy atom. The van der Waals surface area contributed by atoms with Gasteiger partial charge in [-0.15, -0.1) is 0 Å². The molecule has 0 amide bonds. The van der Waals surface area contributed by atoms with E-state index in [9.17, 15) is 9.59 Å². The van der Waals surface area contributed by atoms with Crippen LogP contribution in [0.3, 0.4) is 0 Å². The minimum Gasteiger partial charge on any atom is -0.298 e. The summed E-state index contributed by atoms with van der Waals surface area (Å²) in [5, 5.41) is 0. The lowest BCUT2D eigenvalue weighted by Crippen LogP contribution is -2.25. The van der Waals surface area contributed by atoms with Crippen molar-refractivity contribution in [3.63, 3.8) is 0 Å². The molecule has 0 N–H and O–H groups in total. The summed E-state index contributed by atoms with van der Waals surface area (Å²) in [4.78, 5) is 32.2. The minimum atomic E-state index is -0.592. The molecule has 0 bridgehead atoms. The highest BCUT2D eigenvalue weighted by Crippen LogP contribution is 2.09. The van der Waals surface area contributed by atoms with Gasteiger partial charge in [-0.3, -0.25) is 9.68 Å². The number of hydrogen-bond donors (Lipinski definition) is 0. The van der Waals surface area contributed by atoms with Crippen LogP contribution in [0.5, 0.6) is 0 Å². The van der Waals surface area contributed by atoms with Gasteiger partial charge in [0.25, 0.3) is 0 Å². The topological polar surface area (TPSA) is 52.6 Å². The van der Waals surface area contributed by atoms with Crippen LogP contribution in [-0.2, 0) is 19.4 Å². The van der Waals surface area contributed by atoms with Crippen LogP contribution in [0.1, 0.15) is 59.3 Å². The molecule has 0 aromatic carbocycles. The fourth-order valence-electron chi connectivity index (χ4n) is 1.29. The standard InChI is InChI=1S/C12H22O4/c1-4-7-10(13)11(8-5-2)15-16-12(14)9-6-3/h11H,4-9H2,1-3H3. The van der Waals surface area contributed by atoms with Crippen LogP contribution < -0.4 is 0 Å². The molecule has 1 unspecified atom stereocenters. The van der Waals surface area contributed by atoms with Crippen molar-refractivity contribution in [2.45, 2.75) is 65.4 Å². The summed E-state index contributed by atoms with van der Waals surface area (Å²) in [6.07, 6.45) is 3.11. The average molecular weight is 230 g/mol. The van der Waals surface area contributed by atoms with Gasteiger partial charge in [0, 0.05) is 12.8 Å². The Morgan fingerprint density at radius 3 is 2.12 bits per heavy atom. The zero-order valence-corrected chi connectivity index (χ0v) is 10.5. The Labute approximate surface area is 97.2 Å². The summed E-state index contributed by atoms with van der Waals surface area (Å²) in [5.74, 6) is -0.401. The van der Waals surface area contributed by atoms with E-state index in [1.165, 1.54) is 0 Å². The Hall–Kier alpha value is -0.900. The minimum absolute atomic E-state index is 0.00801. The number of carbonyl (C=O) groups is 2. The average Bonchev–Trinajstić information content (AvgIpc) is 2.24. The van der Waals surface area contributed by atoms with Gasteiger partial charge < -0.3 is 0 Å². The largest absolute Gasteiger partial charge is 0.342 e. The van der Waals surface area contributed by atoms with Gasteiger partial charge >= 0.3 is 5.97 Å². The molecule has 94 valence electrons. The molecule has 0 aliphatic rings. The second-order valence-corrected chi connectivity index (χ2v) is 3.80. The van der Waals surface area contributed by atoms with Gasteiger partial charge in [0.1, 0.15) is 0 Å². The van der Waals surface area contributed by atoms with Crippen molar-refractivity contribution < 1.29 is 19.4 Å². The first kappa shape index (κ1) is 15.1. The van der Waals surface area contributed by atoms with Crippen LogP contribution in [0.15, 0.2) is 0 Å². The van der Waals surface area contributed by atoms with Crippen molar-refractivity contribution in [3.8, 4) is 0 Å². The van der Waals surface area contributed by atoms with Crippen LogP contribution in [0.4, 0.5) is 0 Å². The molecular weight excluding hydrogens is 208 g/mol. The van der Waals surface area contributed by atoms with Crippen LogP contribution >= 0.6 is 0 Å². The molecule has 0 aromatic rings. The second kappa shape index (κ2) is 9.33. The maximum atomic E-state index is 11.6. The summed E-state index contributed by atoms with van der Waals surface area (Å²) in [5.41, 5.74) is 0. The van der Waals surface area contributed by atoms with Crippen molar-refractivity contribution >= 4 is 11.8 Å². The fraction of sp³-hybridized carbons (Fsp3) is 0.833. The summed E-state index contributed by atoms with van der Waals surface area (Å²) >= 11 is 0. The van der Waals surface area contributed by atoms with Gasteiger partial charge in [-0.1, -0.05) is 27.2 Å². The number of ketones is 1. The predicted octanol–water partition coefficient (Wildman–Crippen LogP) is 2.80. The van der Waals surface area contributed by atoms with Gasteiger partial charge in [-0.05, 0) is 19.3 Å². The van der Waals surface area contributed by atoms with Crippen molar-refractivity contribution in [1.82, 2.24) is 0 Å². The van der Waals surface area contributed by atoms with Gasteiger partial charge in [0.2, 0.25) is 0 Å². The molecule has 1 atom stereocenters. The Kier molecular flexibility index (Phi) is 8.81. The fourth-order valence-corrected chi connectivity index (χ4v) is 1.29. The van der Waals surface area contributed by atoms with Crippen LogP contribution in [0.25, 0.3) is 0 Å².